The zero-order valence-electron chi connectivity index (χ0n) is 13.0. The summed E-state index contributed by atoms with van der Waals surface area (Å²) in [5.74, 6) is 1.48. The number of rotatable bonds is 4. The quantitative estimate of drug-likeness (QED) is 0.896. The zero-order chi connectivity index (χ0) is 15.5. The number of aryl methyl sites for hydroxylation is 2. The van der Waals surface area contributed by atoms with E-state index in [1.54, 1.807) is 0 Å². The lowest BCUT2D eigenvalue weighted by Gasteiger charge is -2.33. The van der Waals surface area contributed by atoms with E-state index in [0.717, 1.165) is 23.5 Å². The van der Waals surface area contributed by atoms with E-state index in [1.165, 1.54) is 0 Å². The van der Waals surface area contributed by atoms with Crippen LogP contribution in [0.25, 0.3) is 0 Å². The van der Waals surface area contributed by atoms with E-state index >= 15 is 0 Å². The number of benzene rings is 1. The highest BCUT2D eigenvalue weighted by Crippen LogP contribution is 2.23. The fourth-order valence-electron chi connectivity index (χ4n) is 2.83. The molecule has 0 saturated carbocycles. The van der Waals surface area contributed by atoms with Crippen LogP contribution < -0.4 is 0 Å². The van der Waals surface area contributed by atoms with Crippen LogP contribution in [0.1, 0.15) is 35.0 Å². The number of nitrogens with zero attached hydrogens (tertiary/aromatic N) is 3. The molecule has 1 aliphatic heterocycles. The molecule has 0 spiro atoms. The molecule has 0 bridgehead atoms. The van der Waals surface area contributed by atoms with Crippen LogP contribution in [0, 0.1) is 13.8 Å². The summed E-state index contributed by atoms with van der Waals surface area (Å²) in [5.41, 5.74) is 2.10. The topological polar surface area (TPSA) is 74.3 Å². The van der Waals surface area contributed by atoms with Gasteiger partial charge in [0.1, 0.15) is 11.9 Å². The van der Waals surface area contributed by atoms with Gasteiger partial charge in [-0.1, -0.05) is 24.3 Å². The van der Waals surface area contributed by atoms with Gasteiger partial charge in [0.15, 0.2) is 5.82 Å². The Morgan fingerprint density at radius 1 is 1.41 bits per heavy atom. The maximum atomic E-state index is 10.5. The van der Waals surface area contributed by atoms with Gasteiger partial charge in [0.2, 0.25) is 0 Å². The van der Waals surface area contributed by atoms with E-state index in [0.29, 0.717) is 25.5 Å². The Morgan fingerprint density at radius 2 is 2.23 bits per heavy atom. The van der Waals surface area contributed by atoms with Crippen molar-refractivity contribution in [1.82, 2.24) is 20.1 Å². The van der Waals surface area contributed by atoms with Gasteiger partial charge in [-0.05, 0) is 25.0 Å². The van der Waals surface area contributed by atoms with Crippen LogP contribution in [-0.4, -0.2) is 51.4 Å². The van der Waals surface area contributed by atoms with Gasteiger partial charge in [-0.3, -0.25) is 10.00 Å². The third-order valence-corrected chi connectivity index (χ3v) is 4.03. The molecule has 2 N–H and O–H groups in total. The smallest absolute Gasteiger partial charge is 0.180 e. The minimum atomic E-state index is -0.492. The fourth-order valence-corrected chi connectivity index (χ4v) is 2.83. The number of hydrogen-bond acceptors (Lipinski definition) is 5. The van der Waals surface area contributed by atoms with Crippen LogP contribution in [0.5, 0.6) is 0 Å². The second-order valence-corrected chi connectivity index (χ2v) is 5.77. The van der Waals surface area contributed by atoms with Crippen molar-refractivity contribution in [2.75, 3.05) is 26.2 Å². The summed E-state index contributed by atoms with van der Waals surface area (Å²) < 4.78 is 5.75. The summed E-state index contributed by atoms with van der Waals surface area (Å²) in [6.07, 6.45) is -0.628. The summed E-state index contributed by atoms with van der Waals surface area (Å²) >= 11 is 0. The molecule has 118 valence electrons. The third kappa shape index (κ3) is 3.35. The fraction of sp³-hybridized carbons (Fsp3) is 0.500. The second-order valence-electron chi connectivity index (χ2n) is 5.77. The summed E-state index contributed by atoms with van der Waals surface area (Å²) in [7, 11) is 0. The maximum absolute atomic E-state index is 10.5. The molecule has 2 atom stereocenters. The number of hydrogen-bond donors (Lipinski definition) is 2. The number of ether oxygens (including phenoxy) is 1. The van der Waals surface area contributed by atoms with E-state index in [-0.39, 0.29) is 6.10 Å². The number of morpholine rings is 1. The Morgan fingerprint density at radius 3 is 2.95 bits per heavy atom. The molecule has 6 heteroatoms. The number of aliphatic hydroxyl groups excluding tert-OH is 1. The molecule has 1 saturated heterocycles. The van der Waals surface area contributed by atoms with E-state index in [9.17, 15) is 5.11 Å². The number of aliphatic hydroxyl groups is 1. The molecule has 1 aromatic carbocycles. The SMILES string of the molecule is Cc1nc(C2CN(CC(O)c3ccccc3C)CCO2)n[nH]1. The highest BCUT2D eigenvalue weighted by molar-refractivity contribution is 5.27. The summed E-state index contributed by atoms with van der Waals surface area (Å²) in [4.78, 5) is 6.54. The first kappa shape index (κ1) is 15.1. The van der Waals surface area contributed by atoms with Gasteiger partial charge in [0.05, 0.1) is 12.7 Å². The normalized spacial score (nSPS) is 21.0. The molecule has 3 rings (SSSR count). The Balaban J connectivity index is 1.64. The average Bonchev–Trinajstić information content (AvgIpc) is 2.94. The zero-order valence-corrected chi connectivity index (χ0v) is 13.0. The summed E-state index contributed by atoms with van der Waals surface area (Å²) in [6, 6.07) is 7.96. The highest BCUT2D eigenvalue weighted by atomic mass is 16.5. The number of H-pyrrole nitrogens is 1. The maximum Gasteiger partial charge on any atom is 0.180 e. The van der Waals surface area contributed by atoms with Crippen molar-refractivity contribution < 1.29 is 9.84 Å². The van der Waals surface area contributed by atoms with Crippen LogP contribution in [0.3, 0.4) is 0 Å². The molecule has 6 nitrogen and oxygen atoms in total. The van der Waals surface area contributed by atoms with Crippen molar-refractivity contribution in [3.05, 3.63) is 47.0 Å². The molecule has 0 aliphatic carbocycles. The van der Waals surface area contributed by atoms with Crippen LogP contribution in [0.2, 0.25) is 0 Å². The molecule has 0 radical (unpaired) electrons. The van der Waals surface area contributed by atoms with Gasteiger partial charge in [0.25, 0.3) is 0 Å². The monoisotopic (exact) mass is 302 g/mol. The van der Waals surface area contributed by atoms with Crippen molar-refractivity contribution in [1.29, 1.82) is 0 Å². The first-order valence-electron chi connectivity index (χ1n) is 7.60. The first-order chi connectivity index (χ1) is 10.6. The summed E-state index contributed by atoms with van der Waals surface area (Å²) in [5, 5.41) is 17.5. The molecule has 1 aliphatic rings. The third-order valence-electron chi connectivity index (χ3n) is 4.03. The van der Waals surface area contributed by atoms with E-state index in [1.807, 2.05) is 38.1 Å². The minimum absolute atomic E-state index is 0.136. The number of β-amino-alcohol motifs (C(OH)–C–C–N with tert-alkyl or cyclic N) is 1. The minimum Gasteiger partial charge on any atom is -0.387 e. The number of aromatic nitrogens is 3. The predicted octanol–water partition coefficient (Wildman–Crippen LogP) is 1.53. The number of nitrogens with one attached hydrogen (secondary N) is 1. The lowest BCUT2D eigenvalue weighted by Crippen LogP contribution is -2.41. The molecule has 0 amide bonds. The van der Waals surface area contributed by atoms with Crippen LogP contribution in [-0.2, 0) is 4.74 Å². The predicted molar refractivity (Wildman–Crippen MR) is 82.4 cm³/mol. The van der Waals surface area contributed by atoms with Crippen molar-refractivity contribution in [2.45, 2.75) is 26.1 Å². The van der Waals surface area contributed by atoms with Gasteiger partial charge in [0, 0.05) is 19.6 Å². The molecule has 22 heavy (non-hydrogen) atoms. The standard InChI is InChI=1S/C16H22N4O2/c1-11-5-3-4-6-13(11)14(21)9-20-7-8-22-15(10-20)16-17-12(2)18-19-16/h3-6,14-15,21H,7-10H2,1-2H3,(H,17,18,19). The van der Waals surface area contributed by atoms with Crippen molar-refractivity contribution >= 4 is 0 Å². The van der Waals surface area contributed by atoms with Gasteiger partial charge < -0.3 is 9.84 Å². The van der Waals surface area contributed by atoms with Crippen LogP contribution >= 0.6 is 0 Å². The lowest BCUT2D eigenvalue weighted by atomic mass is 10.0. The van der Waals surface area contributed by atoms with Crippen molar-refractivity contribution in [3.63, 3.8) is 0 Å². The average molecular weight is 302 g/mol. The molecule has 1 aromatic heterocycles. The van der Waals surface area contributed by atoms with Crippen LogP contribution in [0.4, 0.5) is 0 Å². The van der Waals surface area contributed by atoms with Crippen LogP contribution in [0.15, 0.2) is 24.3 Å². The summed E-state index contributed by atoms with van der Waals surface area (Å²) in [6.45, 7) is 6.62. The molecule has 2 aromatic rings. The lowest BCUT2D eigenvalue weighted by molar-refractivity contribution is -0.0461. The molecule has 2 heterocycles. The van der Waals surface area contributed by atoms with Gasteiger partial charge in [-0.2, -0.15) is 5.10 Å². The molecular weight excluding hydrogens is 280 g/mol. The Hall–Kier alpha value is -1.76. The molecular formula is C16H22N4O2. The Bertz CT molecular complexity index is 628. The van der Waals surface area contributed by atoms with E-state index < -0.39 is 6.10 Å². The molecule has 2 unspecified atom stereocenters. The van der Waals surface area contributed by atoms with E-state index in [2.05, 4.69) is 20.1 Å². The second kappa shape index (κ2) is 6.56. The Labute approximate surface area is 130 Å². The highest BCUT2D eigenvalue weighted by Gasteiger charge is 2.26. The molecule has 1 fully saturated rings. The first-order valence-corrected chi connectivity index (χ1v) is 7.60. The van der Waals surface area contributed by atoms with E-state index in [4.69, 9.17) is 4.74 Å². The largest absolute Gasteiger partial charge is 0.387 e. The van der Waals surface area contributed by atoms with Crippen molar-refractivity contribution in [2.24, 2.45) is 0 Å². The van der Waals surface area contributed by atoms with Gasteiger partial charge >= 0.3 is 0 Å². The van der Waals surface area contributed by atoms with Crippen molar-refractivity contribution in [3.8, 4) is 0 Å². The van der Waals surface area contributed by atoms with Gasteiger partial charge in [-0.15, -0.1) is 0 Å². The van der Waals surface area contributed by atoms with Gasteiger partial charge in [-0.25, -0.2) is 4.98 Å². The number of aromatic amines is 1. The Kier molecular flexibility index (Phi) is 4.52.